The Balaban J connectivity index is 2.09. The summed E-state index contributed by atoms with van der Waals surface area (Å²) in [5, 5.41) is 5.44. The molecule has 1 fully saturated rings. The zero-order valence-corrected chi connectivity index (χ0v) is 10.8. The van der Waals surface area contributed by atoms with Crippen LogP contribution in [-0.4, -0.2) is 36.0 Å². The molecule has 6 heteroatoms. The Labute approximate surface area is 111 Å². The molecular weight excluding hydrogens is 246 g/mol. The standard InChI is InChI=1S/C13H17N3O3/c1-2-19-13-9(5-3-8-15-13)11(17)16-10-6-4-7-14-12(10)18/h3,5,8,10H,2,4,6-7H2,1H3,(H,14,18)(H,16,17). The lowest BCUT2D eigenvalue weighted by Gasteiger charge is -2.23. The molecule has 2 N–H and O–H groups in total. The van der Waals surface area contributed by atoms with Crippen molar-refractivity contribution in [2.45, 2.75) is 25.8 Å². The molecule has 1 aromatic heterocycles. The maximum absolute atomic E-state index is 12.1. The topological polar surface area (TPSA) is 80.3 Å². The molecule has 1 unspecified atom stereocenters. The van der Waals surface area contributed by atoms with E-state index in [0.717, 1.165) is 6.42 Å². The second kappa shape index (κ2) is 6.17. The number of ether oxygens (including phenoxy) is 1. The average molecular weight is 263 g/mol. The molecule has 1 saturated heterocycles. The normalized spacial score (nSPS) is 18.6. The first-order valence-corrected chi connectivity index (χ1v) is 6.38. The molecule has 2 amide bonds. The number of piperidine rings is 1. The van der Waals surface area contributed by atoms with Gasteiger partial charge in [0.25, 0.3) is 5.91 Å². The van der Waals surface area contributed by atoms with Gasteiger partial charge in [-0.3, -0.25) is 9.59 Å². The lowest BCUT2D eigenvalue weighted by Crippen LogP contribution is -2.50. The van der Waals surface area contributed by atoms with E-state index in [4.69, 9.17) is 4.74 Å². The lowest BCUT2D eigenvalue weighted by molar-refractivity contribution is -0.124. The molecule has 2 heterocycles. The second-order valence-corrected chi connectivity index (χ2v) is 4.25. The summed E-state index contributed by atoms with van der Waals surface area (Å²) in [6.45, 7) is 2.93. The van der Waals surface area contributed by atoms with Gasteiger partial charge < -0.3 is 15.4 Å². The number of nitrogens with zero attached hydrogens (tertiary/aromatic N) is 1. The number of amides is 2. The van der Waals surface area contributed by atoms with Gasteiger partial charge in [-0.2, -0.15) is 0 Å². The van der Waals surface area contributed by atoms with Crippen molar-refractivity contribution in [3.8, 4) is 5.88 Å². The van der Waals surface area contributed by atoms with Crippen molar-refractivity contribution in [1.82, 2.24) is 15.6 Å². The molecule has 6 nitrogen and oxygen atoms in total. The highest BCUT2D eigenvalue weighted by atomic mass is 16.5. The summed E-state index contributed by atoms with van der Waals surface area (Å²) in [5.41, 5.74) is 0.350. The van der Waals surface area contributed by atoms with Gasteiger partial charge in [-0.25, -0.2) is 4.98 Å². The van der Waals surface area contributed by atoms with Gasteiger partial charge in [0.1, 0.15) is 11.6 Å². The van der Waals surface area contributed by atoms with Gasteiger partial charge in [-0.15, -0.1) is 0 Å². The fourth-order valence-corrected chi connectivity index (χ4v) is 1.96. The van der Waals surface area contributed by atoms with Gasteiger partial charge in [0.15, 0.2) is 0 Å². The fourth-order valence-electron chi connectivity index (χ4n) is 1.96. The SMILES string of the molecule is CCOc1ncccc1C(=O)NC1CCCNC1=O. The van der Waals surface area contributed by atoms with Crippen molar-refractivity contribution >= 4 is 11.8 Å². The number of aromatic nitrogens is 1. The van der Waals surface area contributed by atoms with Crippen LogP contribution in [0.25, 0.3) is 0 Å². The summed E-state index contributed by atoms with van der Waals surface area (Å²) >= 11 is 0. The van der Waals surface area contributed by atoms with Crippen LogP contribution in [0, 0.1) is 0 Å². The Hall–Kier alpha value is -2.11. The van der Waals surface area contributed by atoms with E-state index in [1.54, 1.807) is 18.3 Å². The lowest BCUT2D eigenvalue weighted by atomic mass is 10.1. The smallest absolute Gasteiger partial charge is 0.257 e. The van der Waals surface area contributed by atoms with E-state index in [1.807, 2.05) is 6.92 Å². The first-order chi connectivity index (χ1) is 9.22. The van der Waals surface area contributed by atoms with E-state index in [0.29, 0.717) is 31.0 Å². The molecule has 0 aliphatic carbocycles. The van der Waals surface area contributed by atoms with E-state index in [2.05, 4.69) is 15.6 Å². The average Bonchev–Trinajstić information content (AvgIpc) is 2.42. The molecule has 1 atom stereocenters. The highest BCUT2D eigenvalue weighted by molar-refractivity contribution is 5.99. The minimum absolute atomic E-state index is 0.138. The monoisotopic (exact) mass is 263 g/mol. The van der Waals surface area contributed by atoms with Gasteiger partial charge in [-0.05, 0) is 31.9 Å². The van der Waals surface area contributed by atoms with E-state index in [9.17, 15) is 9.59 Å². The molecular formula is C13H17N3O3. The number of pyridine rings is 1. The Morgan fingerprint density at radius 2 is 2.47 bits per heavy atom. The summed E-state index contributed by atoms with van der Waals surface area (Å²) in [6, 6.07) is 2.82. The Bertz CT molecular complexity index is 476. The second-order valence-electron chi connectivity index (χ2n) is 4.25. The number of rotatable bonds is 4. The number of hydrogen-bond donors (Lipinski definition) is 2. The quantitative estimate of drug-likeness (QED) is 0.828. The third kappa shape index (κ3) is 3.21. The highest BCUT2D eigenvalue weighted by Gasteiger charge is 2.25. The van der Waals surface area contributed by atoms with Crippen LogP contribution in [0.2, 0.25) is 0 Å². The van der Waals surface area contributed by atoms with Crippen molar-refractivity contribution in [3.63, 3.8) is 0 Å². The zero-order valence-electron chi connectivity index (χ0n) is 10.8. The van der Waals surface area contributed by atoms with Crippen molar-refractivity contribution in [1.29, 1.82) is 0 Å². The molecule has 2 rings (SSSR count). The van der Waals surface area contributed by atoms with E-state index in [-0.39, 0.29) is 11.8 Å². The molecule has 0 bridgehead atoms. The highest BCUT2D eigenvalue weighted by Crippen LogP contribution is 2.15. The van der Waals surface area contributed by atoms with Crippen LogP contribution < -0.4 is 15.4 Å². The molecule has 0 saturated carbocycles. The van der Waals surface area contributed by atoms with Crippen molar-refractivity contribution in [2.75, 3.05) is 13.2 Å². The first kappa shape index (κ1) is 13.3. The van der Waals surface area contributed by atoms with Gasteiger partial charge >= 0.3 is 0 Å². The van der Waals surface area contributed by atoms with Crippen LogP contribution in [-0.2, 0) is 4.79 Å². The third-order valence-electron chi connectivity index (χ3n) is 2.89. The summed E-state index contributed by atoms with van der Waals surface area (Å²) < 4.78 is 5.30. The molecule has 0 radical (unpaired) electrons. The first-order valence-electron chi connectivity index (χ1n) is 6.38. The zero-order chi connectivity index (χ0) is 13.7. The van der Waals surface area contributed by atoms with E-state index < -0.39 is 6.04 Å². The Kier molecular flexibility index (Phi) is 4.33. The van der Waals surface area contributed by atoms with Crippen molar-refractivity contribution < 1.29 is 14.3 Å². The minimum Gasteiger partial charge on any atom is -0.477 e. The molecule has 1 aliphatic rings. The Morgan fingerprint density at radius 3 is 3.21 bits per heavy atom. The molecule has 1 aromatic rings. The summed E-state index contributed by atoms with van der Waals surface area (Å²) in [5.74, 6) is -0.182. The third-order valence-corrected chi connectivity index (χ3v) is 2.89. The predicted octanol–water partition coefficient (Wildman–Crippen LogP) is 0.489. The molecule has 0 aromatic carbocycles. The maximum Gasteiger partial charge on any atom is 0.257 e. The largest absolute Gasteiger partial charge is 0.477 e. The summed E-state index contributed by atoms with van der Waals surface area (Å²) in [7, 11) is 0. The van der Waals surface area contributed by atoms with Crippen LogP contribution in [0.3, 0.4) is 0 Å². The molecule has 102 valence electrons. The number of hydrogen-bond acceptors (Lipinski definition) is 4. The van der Waals surface area contributed by atoms with Crippen molar-refractivity contribution in [3.05, 3.63) is 23.9 Å². The Morgan fingerprint density at radius 1 is 1.63 bits per heavy atom. The summed E-state index contributed by atoms with van der Waals surface area (Å²) in [4.78, 5) is 27.8. The van der Waals surface area contributed by atoms with Crippen molar-refractivity contribution in [2.24, 2.45) is 0 Å². The number of nitrogens with one attached hydrogen (secondary N) is 2. The summed E-state index contributed by atoms with van der Waals surface area (Å²) in [6.07, 6.45) is 3.08. The molecule has 1 aliphatic heterocycles. The van der Waals surface area contributed by atoms with Gasteiger partial charge in [0.05, 0.1) is 6.61 Å². The van der Waals surface area contributed by atoms with Crippen LogP contribution in [0.5, 0.6) is 5.88 Å². The van der Waals surface area contributed by atoms with Gasteiger partial charge in [0, 0.05) is 12.7 Å². The van der Waals surface area contributed by atoms with Gasteiger partial charge in [-0.1, -0.05) is 0 Å². The van der Waals surface area contributed by atoms with Crippen LogP contribution >= 0.6 is 0 Å². The van der Waals surface area contributed by atoms with Crippen LogP contribution in [0.4, 0.5) is 0 Å². The predicted molar refractivity (Wildman–Crippen MR) is 68.9 cm³/mol. The fraction of sp³-hybridized carbons (Fsp3) is 0.462. The number of carbonyl (C=O) groups excluding carboxylic acids is 2. The number of carbonyl (C=O) groups is 2. The minimum atomic E-state index is -0.476. The molecule has 0 spiro atoms. The van der Waals surface area contributed by atoms with Crippen LogP contribution in [0.15, 0.2) is 18.3 Å². The van der Waals surface area contributed by atoms with E-state index in [1.165, 1.54) is 0 Å². The van der Waals surface area contributed by atoms with Gasteiger partial charge in [0.2, 0.25) is 11.8 Å². The van der Waals surface area contributed by atoms with E-state index >= 15 is 0 Å². The van der Waals surface area contributed by atoms with Crippen LogP contribution in [0.1, 0.15) is 30.1 Å². The molecule has 19 heavy (non-hydrogen) atoms. The maximum atomic E-state index is 12.1.